The van der Waals surface area contributed by atoms with Crippen LogP contribution < -0.4 is 0 Å². The van der Waals surface area contributed by atoms with E-state index in [2.05, 4.69) is 0 Å². The van der Waals surface area contributed by atoms with Crippen LogP contribution >= 0.6 is 0 Å². The second-order valence-electron chi connectivity index (χ2n) is 4.62. The summed E-state index contributed by atoms with van der Waals surface area (Å²) in [6, 6.07) is 0. The van der Waals surface area contributed by atoms with Crippen molar-refractivity contribution in [1.82, 2.24) is 4.90 Å². The van der Waals surface area contributed by atoms with E-state index >= 15 is 0 Å². The van der Waals surface area contributed by atoms with Crippen LogP contribution in [-0.4, -0.2) is 33.8 Å². The van der Waals surface area contributed by atoms with Crippen LogP contribution in [0.15, 0.2) is 11.9 Å². The molecule has 0 saturated carbocycles. The van der Waals surface area contributed by atoms with Crippen molar-refractivity contribution < 1.29 is 19.2 Å². The number of nitrogens with zero attached hydrogens (tertiary/aromatic N) is 2. The Kier molecular flexibility index (Phi) is 3.50. The van der Waals surface area contributed by atoms with Crippen molar-refractivity contribution in [2.75, 3.05) is 6.54 Å². The molecule has 0 aromatic carbocycles. The average Bonchev–Trinajstić information content (AvgIpc) is 2.14. The third kappa shape index (κ3) is 3.54. The van der Waals surface area contributed by atoms with Gasteiger partial charge in [0.05, 0.1) is 11.1 Å². The van der Waals surface area contributed by atoms with Gasteiger partial charge in [-0.1, -0.05) is 0 Å². The van der Waals surface area contributed by atoms with Crippen molar-refractivity contribution in [2.45, 2.75) is 32.8 Å². The van der Waals surface area contributed by atoms with Crippen LogP contribution in [0.2, 0.25) is 0 Å². The number of ether oxygens (including phenoxy) is 1. The number of nitro groups is 1. The quantitative estimate of drug-likeness (QED) is 0.511. The Morgan fingerprint density at radius 1 is 1.53 bits per heavy atom. The SMILES string of the molecule is CC(C)(C)OC(=O)N1C=C([N+](=O)[O-])C(=O)CC1. The van der Waals surface area contributed by atoms with Crippen LogP contribution in [0.1, 0.15) is 27.2 Å². The van der Waals surface area contributed by atoms with Gasteiger partial charge in [-0.15, -0.1) is 0 Å². The number of hydrogen-bond acceptors (Lipinski definition) is 5. The van der Waals surface area contributed by atoms with Crippen LogP contribution in [0.5, 0.6) is 0 Å². The Hall–Kier alpha value is -1.92. The Bertz CT molecular complexity index is 394. The average molecular weight is 242 g/mol. The summed E-state index contributed by atoms with van der Waals surface area (Å²) in [6.07, 6.45) is 0.177. The van der Waals surface area contributed by atoms with Crippen LogP contribution in [0.25, 0.3) is 0 Å². The fourth-order valence-electron chi connectivity index (χ4n) is 1.25. The van der Waals surface area contributed by atoms with E-state index in [1.165, 1.54) is 0 Å². The van der Waals surface area contributed by atoms with Gasteiger partial charge in [-0.3, -0.25) is 19.8 Å². The number of amides is 1. The first-order chi connectivity index (χ1) is 7.70. The molecule has 0 saturated heterocycles. The molecule has 0 unspecified atom stereocenters. The minimum atomic E-state index is -0.793. The van der Waals surface area contributed by atoms with Crippen molar-refractivity contribution in [1.29, 1.82) is 0 Å². The predicted molar refractivity (Wildman–Crippen MR) is 57.6 cm³/mol. The summed E-state index contributed by atoms with van der Waals surface area (Å²) in [5.41, 5.74) is -1.26. The molecule has 1 aliphatic heterocycles. The van der Waals surface area contributed by atoms with Gasteiger partial charge in [0.15, 0.2) is 0 Å². The van der Waals surface area contributed by atoms with Crippen molar-refractivity contribution in [3.8, 4) is 0 Å². The Morgan fingerprint density at radius 2 is 2.12 bits per heavy atom. The van der Waals surface area contributed by atoms with E-state index in [9.17, 15) is 19.7 Å². The second-order valence-corrected chi connectivity index (χ2v) is 4.62. The smallest absolute Gasteiger partial charge is 0.414 e. The highest BCUT2D eigenvalue weighted by Gasteiger charge is 2.32. The lowest BCUT2D eigenvalue weighted by Crippen LogP contribution is -2.38. The van der Waals surface area contributed by atoms with Crippen molar-refractivity contribution >= 4 is 11.9 Å². The van der Waals surface area contributed by atoms with Gasteiger partial charge in [-0.05, 0) is 20.8 Å². The summed E-state index contributed by atoms with van der Waals surface area (Å²) >= 11 is 0. The number of carbonyl (C=O) groups excluding carboxylic acids is 2. The first kappa shape index (κ1) is 13.1. The molecule has 0 bridgehead atoms. The molecule has 7 nitrogen and oxygen atoms in total. The van der Waals surface area contributed by atoms with Gasteiger partial charge in [0.2, 0.25) is 5.78 Å². The normalized spacial score (nSPS) is 16.5. The molecule has 0 atom stereocenters. The Morgan fingerprint density at radius 3 is 2.59 bits per heavy atom. The summed E-state index contributed by atoms with van der Waals surface area (Å²) in [7, 11) is 0. The zero-order valence-corrected chi connectivity index (χ0v) is 9.93. The first-order valence-electron chi connectivity index (χ1n) is 5.10. The molecular weight excluding hydrogens is 228 g/mol. The zero-order valence-electron chi connectivity index (χ0n) is 9.93. The molecule has 0 N–H and O–H groups in total. The minimum Gasteiger partial charge on any atom is -0.443 e. The highest BCUT2D eigenvalue weighted by Crippen LogP contribution is 2.16. The molecule has 0 fully saturated rings. The van der Waals surface area contributed by atoms with Crippen LogP contribution in [0, 0.1) is 10.1 Å². The summed E-state index contributed by atoms with van der Waals surface area (Å²) in [5.74, 6) is -0.574. The van der Waals surface area contributed by atoms with Crippen LogP contribution in [0.3, 0.4) is 0 Å². The molecule has 1 amide bonds. The van der Waals surface area contributed by atoms with Crippen molar-refractivity contribution in [2.24, 2.45) is 0 Å². The highest BCUT2D eigenvalue weighted by atomic mass is 16.6. The third-order valence-electron chi connectivity index (χ3n) is 1.97. The maximum Gasteiger partial charge on any atom is 0.414 e. The molecule has 0 radical (unpaired) electrons. The van der Waals surface area contributed by atoms with E-state index in [-0.39, 0.29) is 13.0 Å². The van der Waals surface area contributed by atoms with Crippen LogP contribution in [-0.2, 0) is 9.53 Å². The molecule has 1 rings (SSSR count). The number of carbonyl (C=O) groups is 2. The Labute approximate surface area is 98.2 Å². The summed E-state index contributed by atoms with van der Waals surface area (Å²) in [4.78, 5) is 33.6. The molecule has 94 valence electrons. The van der Waals surface area contributed by atoms with Gasteiger partial charge >= 0.3 is 11.8 Å². The predicted octanol–water partition coefficient (Wildman–Crippen LogP) is 1.31. The highest BCUT2D eigenvalue weighted by molar-refractivity contribution is 5.94. The fourth-order valence-corrected chi connectivity index (χ4v) is 1.25. The van der Waals surface area contributed by atoms with Gasteiger partial charge in [0, 0.05) is 13.0 Å². The maximum absolute atomic E-state index is 11.6. The topological polar surface area (TPSA) is 89.8 Å². The molecule has 0 aromatic rings. The molecular formula is C10H14N2O5. The van der Waals surface area contributed by atoms with E-state index in [1.54, 1.807) is 20.8 Å². The molecule has 1 heterocycles. The lowest BCUT2D eigenvalue weighted by atomic mass is 10.1. The van der Waals surface area contributed by atoms with Gasteiger partial charge < -0.3 is 4.74 Å². The lowest BCUT2D eigenvalue weighted by Gasteiger charge is -2.26. The molecule has 0 aliphatic carbocycles. The summed E-state index contributed by atoms with van der Waals surface area (Å²) in [5, 5.41) is 10.6. The molecule has 0 aromatic heterocycles. The van der Waals surface area contributed by atoms with Crippen molar-refractivity contribution in [3.05, 3.63) is 22.0 Å². The van der Waals surface area contributed by atoms with E-state index < -0.39 is 28.1 Å². The monoisotopic (exact) mass is 242 g/mol. The largest absolute Gasteiger partial charge is 0.443 e. The van der Waals surface area contributed by atoms with Crippen LogP contribution in [0.4, 0.5) is 4.79 Å². The number of ketones is 1. The molecule has 1 aliphatic rings. The zero-order chi connectivity index (χ0) is 13.2. The molecule has 17 heavy (non-hydrogen) atoms. The van der Waals surface area contributed by atoms with Gasteiger partial charge in [0.25, 0.3) is 0 Å². The van der Waals surface area contributed by atoms with Gasteiger partial charge in [-0.25, -0.2) is 4.79 Å². The van der Waals surface area contributed by atoms with E-state index in [1.807, 2.05) is 0 Å². The van der Waals surface area contributed by atoms with E-state index in [4.69, 9.17) is 4.74 Å². The second kappa shape index (κ2) is 4.52. The molecule has 0 spiro atoms. The number of allylic oxidation sites excluding steroid dienone is 1. The van der Waals surface area contributed by atoms with E-state index in [0.717, 1.165) is 11.1 Å². The van der Waals surface area contributed by atoms with Gasteiger partial charge in [0.1, 0.15) is 5.60 Å². The van der Waals surface area contributed by atoms with Gasteiger partial charge in [-0.2, -0.15) is 0 Å². The van der Waals surface area contributed by atoms with E-state index in [0.29, 0.717) is 0 Å². The number of rotatable bonds is 1. The van der Waals surface area contributed by atoms with Crippen molar-refractivity contribution in [3.63, 3.8) is 0 Å². The number of hydrogen-bond donors (Lipinski definition) is 0. The first-order valence-corrected chi connectivity index (χ1v) is 5.10. The standard InChI is InChI=1S/C10H14N2O5/c1-10(2,3)17-9(14)11-5-4-8(13)7(6-11)12(15)16/h6H,4-5H2,1-3H3. The Balaban J connectivity index is 2.83. The molecule has 7 heteroatoms. The maximum atomic E-state index is 11.6. The summed E-state index contributed by atoms with van der Waals surface area (Å²) < 4.78 is 5.05. The fraction of sp³-hybridized carbons (Fsp3) is 0.600. The lowest BCUT2D eigenvalue weighted by molar-refractivity contribution is -0.420. The number of Topliss-reactive ketones (excluding diaryl/α,β-unsaturated/α-hetero) is 1. The minimum absolute atomic E-state index is 0.0634. The third-order valence-corrected chi connectivity index (χ3v) is 1.97. The summed E-state index contributed by atoms with van der Waals surface area (Å²) in [6.45, 7) is 5.18.